The van der Waals surface area contributed by atoms with Crippen LogP contribution in [-0.2, 0) is 20.9 Å². The van der Waals surface area contributed by atoms with Crippen molar-refractivity contribution in [2.75, 3.05) is 11.5 Å². The van der Waals surface area contributed by atoms with Crippen LogP contribution in [0.4, 0.5) is 5.69 Å². The molecular formula is C22H24N2O4. The molecule has 0 spiro atoms. The Balaban J connectivity index is 1.78. The summed E-state index contributed by atoms with van der Waals surface area (Å²) in [6.07, 6.45) is 0.883. The van der Waals surface area contributed by atoms with Crippen molar-refractivity contribution in [2.45, 2.75) is 39.3 Å². The fourth-order valence-electron chi connectivity index (χ4n) is 3.26. The number of benzene rings is 2. The van der Waals surface area contributed by atoms with Gasteiger partial charge in [-0.25, -0.2) is 4.90 Å². The third-order valence-electron chi connectivity index (χ3n) is 4.67. The Labute approximate surface area is 164 Å². The van der Waals surface area contributed by atoms with Gasteiger partial charge in [0.15, 0.2) is 0 Å². The van der Waals surface area contributed by atoms with Crippen LogP contribution in [-0.4, -0.2) is 35.3 Å². The molecule has 3 amide bonds. The quantitative estimate of drug-likeness (QED) is 0.692. The number of anilines is 1. The molecule has 1 unspecified atom stereocenters. The van der Waals surface area contributed by atoms with E-state index < -0.39 is 6.04 Å². The maximum atomic E-state index is 13.0. The van der Waals surface area contributed by atoms with Gasteiger partial charge in [0.05, 0.1) is 18.7 Å². The van der Waals surface area contributed by atoms with Crippen molar-refractivity contribution in [3.8, 4) is 5.75 Å². The lowest BCUT2D eigenvalue weighted by Crippen LogP contribution is -2.44. The largest absolute Gasteiger partial charge is 0.494 e. The molecule has 6 nitrogen and oxygen atoms in total. The van der Waals surface area contributed by atoms with E-state index in [0.29, 0.717) is 18.0 Å². The molecule has 0 N–H and O–H groups in total. The van der Waals surface area contributed by atoms with Crippen LogP contribution in [0.5, 0.6) is 5.75 Å². The Kier molecular flexibility index (Phi) is 6.09. The van der Waals surface area contributed by atoms with Crippen LogP contribution in [0.25, 0.3) is 0 Å². The molecular weight excluding hydrogens is 356 g/mol. The standard InChI is InChI=1S/C22H24N2O4/c1-3-13-28-19-11-9-18(10-12-19)24-21(26)14-20(22(24)27)23(16(2)25)15-17-7-5-4-6-8-17/h4-12,20H,3,13-15H2,1-2H3. The predicted molar refractivity (Wildman–Crippen MR) is 106 cm³/mol. The van der Waals surface area contributed by atoms with Crippen LogP contribution in [0, 0.1) is 0 Å². The number of ether oxygens (including phenoxy) is 1. The van der Waals surface area contributed by atoms with Gasteiger partial charge in [-0.05, 0) is 36.2 Å². The summed E-state index contributed by atoms with van der Waals surface area (Å²) in [4.78, 5) is 40.4. The second-order valence-electron chi connectivity index (χ2n) is 6.76. The molecule has 1 saturated heterocycles. The molecule has 6 heteroatoms. The minimum atomic E-state index is -0.791. The first kappa shape index (κ1) is 19.6. The first-order valence-corrected chi connectivity index (χ1v) is 9.42. The SMILES string of the molecule is CCCOc1ccc(N2C(=O)CC(N(Cc3ccccc3)C(C)=O)C2=O)cc1. The van der Waals surface area contributed by atoms with E-state index in [9.17, 15) is 14.4 Å². The lowest BCUT2D eigenvalue weighted by molar-refractivity contribution is -0.137. The molecule has 0 saturated carbocycles. The number of hydrogen-bond acceptors (Lipinski definition) is 4. The van der Waals surface area contributed by atoms with Gasteiger partial charge in [-0.15, -0.1) is 0 Å². The predicted octanol–water partition coefficient (Wildman–Crippen LogP) is 3.16. The second kappa shape index (κ2) is 8.69. The van der Waals surface area contributed by atoms with Gasteiger partial charge in [0, 0.05) is 13.5 Å². The molecule has 1 aliphatic heterocycles. The van der Waals surface area contributed by atoms with Crippen molar-refractivity contribution in [3.05, 3.63) is 60.2 Å². The van der Waals surface area contributed by atoms with E-state index in [0.717, 1.165) is 16.9 Å². The van der Waals surface area contributed by atoms with Crippen molar-refractivity contribution < 1.29 is 19.1 Å². The van der Waals surface area contributed by atoms with Gasteiger partial charge in [-0.1, -0.05) is 37.3 Å². The second-order valence-corrected chi connectivity index (χ2v) is 6.76. The summed E-state index contributed by atoms with van der Waals surface area (Å²) in [6.45, 7) is 4.34. The molecule has 1 aliphatic rings. The maximum Gasteiger partial charge on any atom is 0.257 e. The lowest BCUT2D eigenvalue weighted by Gasteiger charge is -2.26. The zero-order valence-electron chi connectivity index (χ0n) is 16.1. The van der Waals surface area contributed by atoms with Crippen molar-refractivity contribution in [1.82, 2.24) is 4.90 Å². The maximum absolute atomic E-state index is 13.0. The fourth-order valence-corrected chi connectivity index (χ4v) is 3.26. The Hall–Kier alpha value is -3.15. The number of imide groups is 1. The summed E-state index contributed by atoms with van der Waals surface area (Å²) in [6, 6.07) is 15.5. The number of nitrogens with zero attached hydrogens (tertiary/aromatic N) is 2. The van der Waals surface area contributed by atoms with Crippen LogP contribution < -0.4 is 9.64 Å². The normalized spacial score (nSPS) is 16.4. The molecule has 0 bridgehead atoms. The Morgan fingerprint density at radius 3 is 2.39 bits per heavy atom. The van der Waals surface area contributed by atoms with E-state index >= 15 is 0 Å². The molecule has 3 rings (SSSR count). The molecule has 2 aromatic rings. The van der Waals surface area contributed by atoms with Gasteiger partial charge in [0.25, 0.3) is 5.91 Å². The molecule has 1 fully saturated rings. The zero-order chi connectivity index (χ0) is 20.1. The summed E-state index contributed by atoms with van der Waals surface area (Å²) in [5, 5.41) is 0. The highest BCUT2D eigenvalue weighted by molar-refractivity contribution is 6.23. The molecule has 146 valence electrons. The van der Waals surface area contributed by atoms with Gasteiger partial charge >= 0.3 is 0 Å². The first-order valence-electron chi connectivity index (χ1n) is 9.42. The van der Waals surface area contributed by atoms with E-state index in [2.05, 4.69) is 0 Å². The van der Waals surface area contributed by atoms with E-state index in [1.165, 1.54) is 11.8 Å². The minimum absolute atomic E-state index is 0.0146. The van der Waals surface area contributed by atoms with E-state index in [4.69, 9.17) is 4.74 Å². The molecule has 28 heavy (non-hydrogen) atoms. The van der Waals surface area contributed by atoms with Gasteiger partial charge in [0.1, 0.15) is 11.8 Å². The molecule has 0 radical (unpaired) electrons. The number of carbonyl (C=O) groups is 3. The van der Waals surface area contributed by atoms with E-state index in [-0.39, 0.29) is 30.7 Å². The Morgan fingerprint density at radius 2 is 1.79 bits per heavy atom. The molecule has 0 aromatic heterocycles. The summed E-state index contributed by atoms with van der Waals surface area (Å²) < 4.78 is 5.54. The van der Waals surface area contributed by atoms with Crippen molar-refractivity contribution >= 4 is 23.4 Å². The number of amides is 3. The van der Waals surface area contributed by atoms with Crippen LogP contribution >= 0.6 is 0 Å². The number of hydrogen-bond donors (Lipinski definition) is 0. The van der Waals surface area contributed by atoms with Gasteiger partial charge in [0.2, 0.25) is 11.8 Å². The molecule has 1 atom stereocenters. The van der Waals surface area contributed by atoms with E-state index in [1.807, 2.05) is 37.3 Å². The highest BCUT2D eigenvalue weighted by Crippen LogP contribution is 2.28. The van der Waals surface area contributed by atoms with Gasteiger partial charge < -0.3 is 9.64 Å². The smallest absolute Gasteiger partial charge is 0.257 e. The van der Waals surface area contributed by atoms with Crippen LogP contribution in [0.2, 0.25) is 0 Å². The third kappa shape index (κ3) is 4.22. The zero-order valence-corrected chi connectivity index (χ0v) is 16.1. The van der Waals surface area contributed by atoms with Crippen molar-refractivity contribution in [3.63, 3.8) is 0 Å². The fraction of sp³-hybridized carbons (Fsp3) is 0.318. The number of carbonyl (C=O) groups excluding carboxylic acids is 3. The van der Waals surface area contributed by atoms with Crippen molar-refractivity contribution in [1.29, 1.82) is 0 Å². The lowest BCUT2D eigenvalue weighted by atomic mass is 10.1. The van der Waals surface area contributed by atoms with Gasteiger partial charge in [-0.3, -0.25) is 14.4 Å². The van der Waals surface area contributed by atoms with E-state index in [1.54, 1.807) is 24.3 Å². The molecule has 2 aromatic carbocycles. The minimum Gasteiger partial charge on any atom is -0.494 e. The Bertz CT molecular complexity index is 849. The monoisotopic (exact) mass is 380 g/mol. The van der Waals surface area contributed by atoms with Gasteiger partial charge in [-0.2, -0.15) is 0 Å². The highest BCUT2D eigenvalue weighted by atomic mass is 16.5. The third-order valence-corrected chi connectivity index (χ3v) is 4.67. The van der Waals surface area contributed by atoms with Crippen LogP contribution in [0.15, 0.2) is 54.6 Å². The van der Waals surface area contributed by atoms with Crippen LogP contribution in [0.3, 0.4) is 0 Å². The summed E-state index contributed by atoms with van der Waals surface area (Å²) in [7, 11) is 0. The first-order chi connectivity index (χ1) is 13.5. The topological polar surface area (TPSA) is 66.9 Å². The number of rotatable bonds is 7. The summed E-state index contributed by atoms with van der Waals surface area (Å²) in [5.74, 6) is -0.231. The Morgan fingerprint density at radius 1 is 1.11 bits per heavy atom. The molecule has 1 heterocycles. The molecule has 0 aliphatic carbocycles. The van der Waals surface area contributed by atoms with Crippen LogP contribution in [0.1, 0.15) is 32.3 Å². The summed E-state index contributed by atoms with van der Waals surface area (Å²) >= 11 is 0. The van der Waals surface area contributed by atoms with Crippen molar-refractivity contribution in [2.24, 2.45) is 0 Å². The average molecular weight is 380 g/mol. The average Bonchev–Trinajstić information content (AvgIpc) is 2.99. The summed E-state index contributed by atoms with van der Waals surface area (Å²) in [5.41, 5.74) is 1.40. The highest BCUT2D eigenvalue weighted by Gasteiger charge is 2.43.